The molecule has 0 saturated carbocycles. The molecule has 0 saturated heterocycles. The fourth-order valence-electron chi connectivity index (χ4n) is 3.65. The zero-order valence-corrected chi connectivity index (χ0v) is 19.7. The lowest BCUT2D eigenvalue weighted by molar-refractivity contribution is -0.137. The number of anilines is 1. The van der Waals surface area contributed by atoms with Crippen LogP contribution < -0.4 is 15.4 Å². The molecule has 2 heterocycles. The number of carbonyl (C=O) groups excluding carboxylic acids is 1. The molecular weight excluding hydrogens is 481 g/mol. The lowest BCUT2D eigenvalue weighted by Gasteiger charge is -2.16. The first-order valence-electron chi connectivity index (χ1n) is 10.9. The van der Waals surface area contributed by atoms with Crippen molar-refractivity contribution in [2.24, 2.45) is 10.9 Å². The van der Waals surface area contributed by atoms with Gasteiger partial charge in [-0.05, 0) is 48.7 Å². The Morgan fingerprint density at radius 2 is 1.89 bits per heavy atom. The summed E-state index contributed by atoms with van der Waals surface area (Å²) in [6, 6.07) is 12.3. The Hall–Kier alpha value is -3.59. The summed E-state index contributed by atoms with van der Waals surface area (Å²) in [5.41, 5.74) is 1.21. The van der Waals surface area contributed by atoms with E-state index in [1.807, 2.05) is 19.1 Å². The molecule has 4 rings (SSSR count). The second kappa shape index (κ2) is 9.95. The number of hydrogen-bond acceptors (Lipinski definition) is 5. The van der Waals surface area contributed by atoms with Gasteiger partial charge in [-0.3, -0.25) is 9.78 Å². The van der Waals surface area contributed by atoms with E-state index in [0.29, 0.717) is 23.0 Å². The molecule has 3 aromatic rings. The van der Waals surface area contributed by atoms with Crippen LogP contribution in [0.25, 0.3) is 0 Å². The number of nitrogens with zero attached hydrogens (tertiary/aromatic N) is 2. The van der Waals surface area contributed by atoms with E-state index in [4.69, 9.17) is 21.3 Å². The van der Waals surface area contributed by atoms with E-state index in [1.54, 1.807) is 12.1 Å². The number of amidine groups is 1. The van der Waals surface area contributed by atoms with Gasteiger partial charge in [-0.2, -0.15) is 13.2 Å². The number of carbonyl (C=O) groups is 1. The largest absolute Gasteiger partial charge is 0.457 e. The fourth-order valence-corrected chi connectivity index (χ4v) is 3.88. The molecule has 2 aromatic carbocycles. The Balaban J connectivity index is 1.62. The van der Waals surface area contributed by atoms with Crippen LogP contribution >= 0.6 is 11.6 Å². The number of hydrogen-bond donors (Lipinski definition) is 2. The van der Waals surface area contributed by atoms with Gasteiger partial charge in [0.2, 0.25) is 0 Å². The van der Waals surface area contributed by atoms with Crippen molar-refractivity contribution in [3.05, 3.63) is 76.6 Å². The van der Waals surface area contributed by atoms with E-state index in [-0.39, 0.29) is 28.2 Å². The standard InChI is InChI=1S/C25H22ClF3N4O2/c1-14-3-4-15-5-7-17(35-18-9-10-31-22(13-18)24(34)30-2)12-21(15)33-23(14)32-16-6-8-20(26)19(11-16)25(27,28)29/h5-14H,3-4H2,1-2H3,(H,30,34)(H,32,33). The zero-order chi connectivity index (χ0) is 25.2. The average Bonchev–Trinajstić information content (AvgIpc) is 2.97. The van der Waals surface area contributed by atoms with Crippen LogP contribution in [0.1, 0.15) is 35.0 Å². The second-order valence-electron chi connectivity index (χ2n) is 8.10. The molecular formula is C25H22ClF3N4O2. The van der Waals surface area contributed by atoms with E-state index in [9.17, 15) is 18.0 Å². The number of amides is 1. The maximum Gasteiger partial charge on any atom is 0.417 e. The summed E-state index contributed by atoms with van der Waals surface area (Å²) in [5, 5.41) is 5.20. The molecule has 1 unspecified atom stereocenters. The highest BCUT2D eigenvalue weighted by atomic mass is 35.5. The first kappa shape index (κ1) is 24.5. The van der Waals surface area contributed by atoms with Crippen molar-refractivity contribution in [2.45, 2.75) is 25.9 Å². The van der Waals surface area contributed by atoms with Crippen LogP contribution in [0.2, 0.25) is 5.02 Å². The fraction of sp³-hybridized carbons (Fsp3) is 0.240. The summed E-state index contributed by atoms with van der Waals surface area (Å²) in [6.45, 7) is 1.97. The summed E-state index contributed by atoms with van der Waals surface area (Å²) < 4.78 is 45.7. The SMILES string of the molecule is CNC(=O)c1cc(Oc2ccc3c(c2)N=C(Nc2ccc(Cl)c(C(F)(F)F)c2)C(C)CC3)ccn1. The Labute approximate surface area is 205 Å². The number of aliphatic imine (C=N–C) groups is 1. The Morgan fingerprint density at radius 1 is 1.11 bits per heavy atom. The quantitative estimate of drug-likeness (QED) is 0.420. The smallest absolute Gasteiger partial charge is 0.417 e. The van der Waals surface area contributed by atoms with Gasteiger partial charge in [0.25, 0.3) is 5.91 Å². The molecule has 182 valence electrons. The number of rotatable bonds is 4. The molecule has 1 aliphatic heterocycles. The van der Waals surface area contributed by atoms with E-state index >= 15 is 0 Å². The first-order valence-corrected chi connectivity index (χ1v) is 11.2. The minimum absolute atomic E-state index is 0.0212. The number of nitrogens with one attached hydrogen (secondary N) is 2. The lowest BCUT2D eigenvalue weighted by Crippen LogP contribution is -2.20. The van der Waals surface area contributed by atoms with Crippen LogP contribution in [-0.2, 0) is 12.6 Å². The summed E-state index contributed by atoms with van der Waals surface area (Å²) in [7, 11) is 1.52. The van der Waals surface area contributed by atoms with Gasteiger partial charge in [0.1, 0.15) is 23.0 Å². The third-order valence-corrected chi connectivity index (χ3v) is 5.91. The van der Waals surface area contributed by atoms with Crippen molar-refractivity contribution >= 4 is 34.7 Å². The summed E-state index contributed by atoms with van der Waals surface area (Å²) in [4.78, 5) is 20.6. The molecule has 0 aliphatic carbocycles. The maximum absolute atomic E-state index is 13.3. The number of alkyl halides is 3. The van der Waals surface area contributed by atoms with Crippen molar-refractivity contribution in [3.63, 3.8) is 0 Å². The molecule has 0 radical (unpaired) electrons. The van der Waals surface area contributed by atoms with Gasteiger partial charge in [-0.25, -0.2) is 4.99 Å². The molecule has 2 N–H and O–H groups in total. The number of aryl methyl sites for hydroxylation is 1. The molecule has 6 nitrogen and oxygen atoms in total. The third-order valence-electron chi connectivity index (χ3n) is 5.58. The van der Waals surface area contributed by atoms with Crippen molar-refractivity contribution in [2.75, 3.05) is 12.4 Å². The van der Waals surface area contributed by atoms with Crippen molar-refractivity contribution in [1.82, 2.24) is 10.3 Å². The van der Waals surface area contributed by atoms with Crippen LogP contribution in [-0.4, -0.2) is 23.8 Å². The van der Waals surface area contributed by atoms with Crippen LogP contribution in [0.4, 0.5) is 24.5 Å². The average molecular weight is 503 g/mol. The number of benzene rings is 2. The predicted octanol–water partition coefficient (Wildman–Crippen LogP) is 6.63. The minimum Gasteiger partial charge on any atom is -0.457 e. The topological polar surface area (TPSA) is 75.6 Å². The number of halogens is 4. The number of aromatic nitrogens is 1. The van der Waals surface area contributed by atoms with Gasteiger partial charge in [0.05, 0.1) is 16.3 Å². The van der Waals surface area contributed by atoms with Crippen LogP contribution in [0.3, 0.4) is 0 Å². The third kappa shape index (κ3) is 5.74. The molecule has 1 amide bonds. The van der Waals surface area contributed by atoms with E-state index in [1.165, 1.54) is 31.4 Å². The molecule has 35 heavy (non-hydrogen) atoms. The Kier molecular flexibility index (Phi) is 6.98. The van der Waals surface area contributed by atoms with Gasteiger partial charge in [0.15, 0.2) is 0 Å². The summed E-state index contributed by atoms with van der Waals surface area (Å²) in [5.74, 6) is 1.13. The number of pyridine rings is 1. The van der Waals surface area contributed by atoms with Gasteiger partial charge in [0, 0.05) is 37.0 Å². The van der Waals surface area contributed by atoms with Gasteiger partial charge in [-0.15, -0.1) is 0 Å². The molecule has 1 aromatic heterocycles. The zero-order valence-electron chi connectivity index (χ0n) is 18.9. The normalized spacial score (nSPS) is 15.5. The monoisotopic (exact) mass is 502 g/mol. The molecule has 0 spiro atoms. The Bertz CT molecular complexity index is 1290. The van der Waals surface area contributed by atoms with Gasteiger partial charge >= 0.3 is 6.18 Å². The van der Waals surface area contributed by atoms with Crippen LogP contribution in [0.5, 0.6) is 11.5 Å². The molecule has 1 aliphatic rings. The van der Waals surface area contributed by atoms with Crippen molar-refractivity contribution < 1.29 is 22.7 Å². The molecule has 0 bridgehead atoms. The van der Waals surface area contributed by atoms with E-state index in [2.05, 4.69) is 15.6 Å². The first-order chi connectivity index (χ1) is 16.6. The lowest BCUT2D eigenvalue weighted by atomic mass is 10.0. The van der Waals surface area contributed by atoms with E-state index < -0.39 is 11.7 Å². The van der Waals surface area contributed by atoms with E-state index in [0.717, 1.165) is 24.5 Å². The number of ether oxygens (including phenoxy) is 1. The van der Waals surface area contributed by atoms with Crippen LogP contribution in [0.15, 0.2) is 59.7 Å². The number of fused-ring (bicyclic) bond motifs is 1. The highest BCUT2D eigenvalue weighted by Crippen LogP contribution is 2.37. The molecule has 10 heteroatoms. The summed E-state index contributed by atoms with van der Waals surface area (Å²) >= 11 is 5.75. The molecule has 1 atom stereocenters. The summed E-state index contributed by atoms with van der Waals surface area (Å²) in [6.07, 6.45) is -1.57. The maximum atomic E-state index is 13.3. The highest BCUT2D eigenvalue weighted by Gasteiger charge is 2.33. The van der Waals surface area contributed by atoms with Gasteiger partial charge < -0.3 is 15.4 Å². The second-order valence-corrected chi connectivity index (χ2v) is 8.51. The predicted molar refractivity (Wildman–Crippen MR) is 129 cm³/mol. The minimum atomic E-state index is -4.56. The van der Waals surface area contributed by atoms with Crippen LogP contribution in [0, 0.1) is 5.92 Å². The van der Waals surface area contributed by atoms with Crippen molar-refractivity contribution in [3.8, 4) is 11.5 Å². The highest BCUT2D eigenvalue weighted by molar-refractivity contribution is 6.31. The molecule has 0 fully saturated rings. The Morgan fingerprint density at radius 3 is 2.63 bits per heavy atom. The van der Waals surface area contributed by atoms with Gasteiger partial charge in [-0.1, -0.05) is 24.6 Å². The van der Waals surface area contributed by atoms with Crippen molar-refractivity contribution in [1.29, 1.82) is 0 Å².